The summed E-state index contributed by atoms with van der Waals surface area (Å²) in [6.07, 6.45) is 0. The maximum absolute atomic E-state index is 13.4. The van der Waals surface area contributed by atoms with E-state index in [0.717, 1.165) is 0 Å². The van der Waals surface area contributed by atoms with Crippen molar-refractivity contribution in [2.75, 3.05) is 6.54 Å². The van der Waals surface area contributed by atoms with Crippen LogP contribution in [0, 0.1) is 23.0 Å². The number of hydrogen-bond acceptors (Lipinski definition) is 4. The van der Waals surface area contributed by atoms with Crippen LogP contribution in [0.25, 0.3) is 0 Å². The number of nitrogens with zero attached hydrogens (tertiary/aromatic N) is 1. The minimum atomic E-state index is -4.63. The summed E-state index contributed by atoms with van der Waals surface area (Å²) in [5.74, 6) is -4.44. The predicted molar refractivity (Wildman–Crippen MR) is 53.9 cm³/mol. The maximum Gasteiger partial charge on any atom is 0.318 e. The zero-order valence-electron chi connectivity index (χ0n) is 8.65. The first-order valence-electron chi connectivity index (χ1n) is 4.38. The van der Waals surface area contributed by atoms with Crippen molar-refractivity contribution >= 4 is 16.0 Å². The van der Waals surface area contributed by atoms with Crippen molar-refractivity contribution in [1.29, 1.82) is 5.26 Å². The van der Waals surface area contributed by atoms with Gasteiger partial charge in [-0.1, -0.05) is 0 Å². The number of nitriles is 1. The van der Waals surface area contributed by atoms with E-state index in [1.54, 1.807) is 0 Å². The highest BCUT2D eigenvalue weighted by atomic mass is 32.2. The molecule has 18 heavy (non-hydrogen) atoms. The van der Waals surface area contributed by atoms with Gasteiger partial charge in [0.25, 0.3) is 0 Å². The Balaban J connectivity index is 3.26. The van der Waals surface area contributed by atoms with Crippen LogP contribution in [-0.2, 0) is 14.8 Å². The second-order valence-electron chi connectivity index (χ2n) is 3.10. The van der Waals surface area contributed by atoms with Crippen molar-refractivity contribution in [1.82, 2.24) is 4.72 Å². The summed E-state index contributed by atoms with van der Waals surface area (Å²) in [4.78, 5) is 8.87. The highest BCUT2D eigenvalue weighted by molar-refractivity contribution is 7.89. The van der Waals surface area contributed by atoms with Gasteiger partial charge in [0, 0.05) is 0 Å². The molecule has 9 heteroatoms. The minimum Gasteiger partial charge on any atom is -0.480 e. The minimum absolute atomic E-state index is 0.387. The van der Waals surface area contributed by atoms with Gasteiger partial charge in [-0.3, -0.25) is 4.79 Å². The van der Waals surface area contributed by atoms with Crippen molar-refractivity contribution in [3.05, 3.63) is 29.3 Å². The maximum atomic E-state index is 13.4. The molecule has 0 saturated heterocycles. The fourth-order valence-electron chi connectivity index (χ4n) is 1.11. The second-order valence-corrected chi connectivity index (χ2v) is 4.80. The first-order chi connectivity index (χ1) is 8.27. The quantitative estimate of drug-likeness (QED) is 0.816. The number of rotatable bonds is 4. The molecule has 6 nitrogen and oxygen atoms in total. The van der Waals surface area contributed by atoms with Gasteiger partial charge < -0.3 is 5.11 Å². The van der Waals surface area contributed by atoms with E-state index in [1.165, 1.54) is 10.8 Å². The second kappa shape index (κ2) is 5.07. The fraction of sp³-hybridized carbons (Fsp3) is 0.111. The molecule has 0 aromatic heterocycles. The molecular formula is C9H6F2N2O4S. The van der Waals surface area contributed by atoms with Gasteiger partial charge in [0.15, 0.2) is 4.90 Å². The molecule has 0 aliphatic carbocycles. The first kappa shape index (κ1) is 14.0. The Kier molecular flexibility index (Phi) is 3.95. The lowest BCUT2D eigenvalue weighted by Crippen LogP contribution is -2.30. The van der Waals surface area contributed by atoms with Gasteiger partial charge in [-0.15, -0.1) is 0 Å². The largest absolute Gasteiger partial charge is 0.480 e. The van der Waals surface area contributed by atoms with E-state index in [9.17, 15) is 22.0 Å². The lowest BCUT2D eigenvalue weighted by atomic mass is 10.2. The number of sulfonamides is 1. The van der Waals surface area contributed by atoms with Gasteiger partial charge in [-0.05, 0) is 12.1 Å². The van der Waals surface area contributed by atoms with E-state index in [-0.39, 0.29) is 5.56 Å². The Morgan fingerprint density at radius 2 is 1.89 bits per heavy atom. The molecule has 0 fully saturated rings. The SMILES string of the molecule is N#Cc1cc(F)c(S(=O)(=O)NCC(=O)O)c(F)c1. The van der Waals surface area contributed by atoms with Crippen LogP contribution < -0.4 is 4.72 Å². The van der Waals surface area contributed by atoms with Gasteiger partial charge in [0.2, 0.25) is 10.0 Å². The van der Waals surface area contributed by atoms with Crippen molar-refractivity contribution in [3.8, 4) is 6.07 Å². The molecule has 0 aliphatic heterocycles. The Labute approximate surface area is 101 Å². The van der Waals surface area contributed by atoms with E-state index >= 15 is 0 Å². The summed E-state index contributed by atoms with van der Waals surface area (Å²) >= 11 is 0. The number of hydrogen-bond donors (Lipinski definition) is 2. The molecule has 1 rings (SSSR count). The van der Waals surface area contributed by atoms with Gasteiger partial charge in [-0.2, -0.15) is 9.98 Å². The van der Waals surface area contributed by atoms with Crippen molar-refractivity contribution in [2.24, 2.45) is 0 Å². The molecule has 0 bridgehead atoms. The number of nitrogens with one attached hydrogen (secondary N) is 1. The Bertz CT molecular complexity index is 613. The summed E-state index contributed by atoms with van der Waals surface area (Å²) in [5, 5.41) is 16.7. The molecule has 0 spiro atoms. The number of carboxylic acids is 1. The van der Waals surface area contributed by atoms with Crippen LogP contribution in [0.2, 0.25) is 0 Å². The molecule has 96 valence electrons. The van der Waals surface area contributed by atoms with Gasteiger partial charge in [0.05, 0.1) is 11.6 Å². The molecule has 1 aromatic rings. The Morgan fingerprint density at radius 3 is 2.28 bits per heavy atom. The van der Waals surface area contributed by atoms with E-state index in [4.69, 9.17) is 10.4 Å². The molecule has 0 atom stereocenters. The number of carbonyl (C=O) groups is 1. The highest BCUT2D eigenvalue weighted by Crippen LogP contribution is 2.20. The van der Waals surface area contributed by atoms with E-state index < -0.39 is 39.1 Å². The highest BCUT2D eigenvalue weighted by Gasteiger charge is 2.25. The summed E-state index contributed by atoms with van der Waals surface area (Å²) in [6.45, 7) is -1.01. The first-order valence-corrected chi connectivity index (χ1v) is 5.87. The van der Waals surface area contributed by atoms with Crippen LogP contribution in [0.3, 0.4) is 0 Å². The van der Waals surface area contributed by atoms with Crippen LogP contribution in [0.4, 0.5) is 8.78 Å². The third-order valence-electron chi connectivity index (χ3n) is 1.81. The summed E-state index contributed by atoms with van der Waals surface area (Å²) < 4.78 is 51.1. The summed E-state index contributed by atoms with van der Waals surface area (Å²) in [7, 11) is -4.63. The molecule has 0 radical (unpaired) electrons. The average Bonchev–Trinajstić information content (AvgIpc) is 2.25. The third kappa shape index (κ3) is 2.99. The number of aliphatic carboxylic acids is 1. The number of halogens is 2. The Hall–Kier alpha value is -2.05. The van der Waals surface area contributed by atoms with Crippen LogP contribution >= 0.6 is 0 Å². The fourth-order valence-corrected chi connectivity index (χ4v) is 2.20. The van der Waals surface area contributed by atoms with Crippen LogP contribution in [0.15, 0.2) is 17.0 Å². The van der Waals surface area contributed by atoms with Gasteiger partial charge in [0.1, 0.15) is 18.2 Å². The molecule has 0 unspecified atom stereocenters. The zero-order chi connectivity index (χ0) is 13.9. The molecule has 0 amide bonds. The smallest absolute Gasteiger partial charge is 0.318 e. The summed E-state index contributed by atoms with van der Waals surface area (Å²) in [6, 6.07) is 2.53. The predicted octanol–water partition coefficient (Wildman–Crippen LogP) is 0.199. The standard InChI is InChI=1S/C9H6F2N2O4S/c10-6-1-5(3-12)2-7(11)9(6)18(16,17)13-4-8(14)15/h1-2,13H,4H2,(H,14,15). The van der Waals surface area contributed by atoms with Crippen LogP contribution in [0.1, 0.15) is 5.56 Å². The lowest BCUT2D eigenvalue weighted by Gasteiger charge is -2.07. The van der Waals surface area contributed by atoms with Crippen molar-refractivity contribution in [3.63, 3.8) is 0 Å². The van der Waals surface area contributed by atoms with Crippen LogP contribution in [-0.4, -0.2) is 26.0 Å². The average molecular weight is 276 g/mol. The normalized spacial score (nSPS) is 10.9. The van der Waals surface area contributed by atoms with Gasteiger partial charge in [-0.25, -0.2) is 17.2 Å². The van der Waals surface area contributed by atoms with E-state index in [1.807, 2.05) is 0 Å². The topological polar surface area (TPSA) is 107 Å². The lowest BCUT2D eigenvalue weighted by molar-refractivity contribution is -0.135. The van der Waals surface area contributed by atoms with Gasteiger partial charge >= 0.3 is 5.97 Å². The zero-order valence-corrected chi connectivity index (χ0v) is 9.46. The summed E-state index contributed by atoms with van der Waals surface area (Å²) in [5.41, 5.74) is -0.387. The molecular weight excluding hydrogens is 270 g/mol. The molecule has 0 heterocycles. The molecule has 2 N–H and O–H groups in total. The Morgan fingerprint density at radius 1 is 1.39 bits per heavy atom. The molecule has 0 aliphatic rings. The van der Waals surface area contributed by atoms with E-state index in [0.29, 0.717) is 12.1 Å². The third-order valence-corrected chi connectivity index (χ3v) is 3.26. The van der Waals surface area contributed by atoms with Crippen LogP contribution in [0.5, 0.6) is 0 Å². The monoisotopic (exact) mass is 276 g/mol. The van der Waals surface area contributed by atoms with E-state index in [2.05, 4.69) is 0 Å². The number of benzene rings is 1. The molecule has 1 aromatic carbocycles. The molecule has 0 saturated carbocycles. The van der Waals surface area contributed by atoms with Crippen molar-refractivity contribution in [2.45, 2.75) is 4.90 Å². The number of carboxylic acid groups (broad SMARTS) is 1. The van der Waals surface area contributed by atoms with Crippen molar-refractivity contribution < 1.29 is 27.1 Å².